The van der Waals surface area contributed by atoms with Crippen LogP contribution in [-0.2, 0) is 19.3 Å². The van der Waals surface area contributed by atoms with Gasteiger partial charge in [-0.15, -0.1) is 12.4 Å². The van der Waals surface area contributed by atoms with Crippen LogP contribution < -0.4 is 19.5 Å². The Kier molecular flexibility index (Phi) is 5.64. The van der Waals surface area contributed by atoms with Gasteiger partial charge in [-0.2, -0.15) is 0 Å². The summed E-state index contributed by atoms with van der Waals surface area (Å²) >= 11 is 0. The van der Waals surface area contributed by atoms with Crippen molar-refractivity contribution in [3.63, 3.8) is 0 Å². The van der Waals surface area contributed by atoms with E-state index >= 15 is 0 Å². The average molecular weight is 401 g/mol. The second-order valence-corrected chi connectivity index (χ2v) is 7.14. The predicted molar refractivity (Wildman–Crippen MR) is 112 cm³/mol. The van der Waals surface area contributed by atoms with E-state index in [4.69, 9.17) is 14.2 Å². The lowest BCUT2D eigenvalue weighted by Crippen LogP contribution is -2.16. The van der Waals surface area contributed by atoms with Crippen LogP contribution in [0.25, 0.3) is 10.9 Å². The van der Waals surface area contributed by atoms with Gasteiger partial charge in [-0.3, -0.25) is 0 Å². The predicted octanol–water partition coefficient (Wildman–Crippen LogP) is 4.02. The number of hydrogen-bond acceptors (Lipinski definition) is 4. The third kappa shape index (κ3) is 3.64. The Hall–Kier alpha value is -2.37. The fraction of sp³-hybridized carbons (Fsp3) is 0.364. The Balaban J connectivity index is 0.00000192. The first-order valence-corrected chi connectivity index (χ1v) is 9.73. The molecule has 1 aromatic heterocycles. The standard InChI is InChI=1S/C22H24N2O3.ClH/c1-3-15(22-17-8-10-23-11-9-18(17)24-19(22)5-1)4-2-12-25-16-6-7-20-21(13-16)27-14-26-20;/h1,3,5-7,13,23-24H,2,4,8-12,14H2;1H. The maximum absolute atomic E-state index is 5.93. The van der Waals surface area contributed by atoms with Gasteiger partial charge in [0.1, 0.15) is 5.75 Å². The lowest BCUT2D eigenvalue weighted by Gasteiger charge is -2.09. The molecule has 5 nitrogen and oxygen atoms in total. The molecule has 2 aliphatic heterocycles. The second-order valence-electron chi connectivity index (χ2n) is 7.14. The molecule has 0 atom stereocenters. The van der Waals surface area contributed by atoms with Crippen LogP contribution in [0.1, 0.15) is 23.2 Å². The molecule has 0 radical (unpaired) electrons. The quantitative estimate of drug-likeness (QED) is 0.635. The van der Waals surface area contributed by atoms with E-state index in [1.165, 1.54) is 27.7 Å². The summed E-state index contributed by atoms with van der Waals surface area (Å²) in [4.78, 5) is 3.64. The highest BCUT2D eigenvalue weighted by molar-refractivity contribution is 5.88. The highest BCUT2D eigenvalue weighted by Gasteiger charge is 2.16. The van der Waals surface area contributed by atoms with Gasteiger partial charge in [-0.1, -0.05) is 12.1 Å². The number of aromatic amines is 1. The van der Waals surface area contributed by atoms with E-state index in [0.29, 0.717) is 13.4 Å². The van der Waals surface area contributed by atoms with Crippen LogP contribution in [0.2, 0.25) is 0 Å². The van der Waals surface area contributed by atoms with Gasteiger partial charge in [0.05, 0.1) is 6.61 Å². The molecule has 0 unspecified atom stereocenters. The zero-order valence-corrected chi connectivity index (χ0v) is 16.6. The summed E-state index contributed by atoms with van der Waals surface area (Å²) in [5, 5.41) is 4.92. The molecule has 0 bridgehead atoms. The van der Waals surface area contributed by atoms with Crippen molar-refractivity contribution in [2.75, 3.05) is 26.5 Å². The molecule has 0 amide bonds. The molecular formula is C22H25ClN2O3. The highest BCUT2D eigenvalue weighted by atomic mass is 35.5. The van der Waals surface area contributed by atoms with Gasteiger partial charge in [0.15, 0.2) is 11.5 Å². The number of fused-ring (bicyclic) bond motifs is 4. The number of H-pyrrole nitrogens is 1. The van der Waals surface area contributed by atoms with Crippen LogP contribution in [0.5, 0.6) is 17.2 Å². The summed E-state index contributed by atoms with van der Waals surface area (Å²) in [6, 6.07) is 12.4. The zero-order chi connectivity index (χ0) is 18.1. The third-order valence-electron chi connectivity index (χ3n) is 5.41. The van der Waals surface area contributed by atoms with Gasteiger partial charge in [-0.25, -0.2) is 0 Å². The minimum Gasteiger partial charge on any atom is -0.493 e. The first-order valence-electron chi connectivity index (χ1n) is 9.73. The van der Waals surface area contributed by atoms with Crippen LogP contribution in [0, 0.1) is 0 Å². The number of halogens is 1. The molecule has 5 rings (SSSR count). The Labute approximate surface area is 170 Å². The number of aromatic nitrogens is 1. The molecular weight excluding hydrogens is 376 g/mol. The first kappa shape index (κ1) is 19.0. The number of nitrogens with one attached hydrogen (secondary N) is 2. The summed E-state index contributed by atoms with van der Waals surface area (Å²) in [5.74, 6) is 2.39. The van der Waals surface area contributed by atoms with E-state index < -0.39 is 0 Å². The van der Waals surface area contributed by atoms with E-state index in [1.807, 2.05) is 18.2 Å². The van der Waals surface area contributed by atoms with Crippen LogP contribution in [-0.4, -0.2) is 31.5 Å². The normalized spacial score (nSPS) is 15.0. The van der Waals surface area contributed by atoms with Crippen molar-refractivity contribution in [2.45, 2.75) is 25.7 Å². The summed E-state index contributed by atoms with van der Waals surface area (Å²) < 4.78 is 16.7. The Morgan fingerprint density at radius 2 is 1.89 bits per heavy atom. The van der Waals surface area contributed by atoms with E-state index in [9.17, 15) is 0 Å². The van der Waals surface area contributed by atoms with Crippen molar-refractivity contribution in [1.82, 2.24) is 10.3 Å². The first-order chi connectivity index (χ1) is 13.4. The van der Waals surface area contributed by atoms with E-state index in [2.05, 4.69) is 28.5 Å². The molecule has 0 spiro atoms. The monoisotopic (exact) mass is 400 g/mol. The van der Waals surface area contributed by atoms with Gasteiger partial charge < -0.3 is 24.5 Å². The molecule has 2 aliphatic rings. The van der Waals surface area contributed by atoms with E-state index in [0.717, 1.165) is 56.0 Å². The molecule has 2 aromatic carbocycles. The summed E-state index contributed by atoms with van der Waals surface area (Å²) in [6.45, 7) is 3.09. The number of ether oxygens (including phenoxy) is 3. The molecule has 6 heteroatoms. The Morgan fingerprint density at radius 1 is 1.00 bits per heavy atom. The average Bonchev–Trinajstić information content (AvgIpc) is 3.23. The van der Waals surface area contributed by atoms with Gasteiger partial charge in [-0.05, 0) is 55.1 Å². The molecule has 0 saturated carbocycles. The van der Waals surface area contributed by atoms with Crippen molar-refractivity contribution < 1.29 is 14.2 Å². The van der Waals surface area contributed by atoms with Crippen LogP contribution in [0.3, 0.4) is 0 Å². The summed E-state index contributed by atoms with van der Waals surface area (Å²) in [7, 11) is 0. The van der Waals surface area contributed by atoms with Crippen LogP contribution in [0.4, 0.5) is 0 Å². The summed E-state index contributed by atoms with van der Waals surface area (Å²) in [6.07, 6.45) is 4.17. The molecule has 3 heterocycles. The van der Waals surface area contributed by atoms with Gasteiger partial charge in [0, 0.05) is 35.6 Å². The minimum absolute atomic E-state index is 0. The molecule has 0 aliphatic carbocycles. The maximum Gasteiger partial charge on any atom is 0.231 e. The molecule has 2 N–H and O–H groups in total. The van der Waals surface area contributed by atoms with Crippen molar-refractivity contribution in [3.8, 4) is 17.2 Å². The lowest BCUT2D eigenvalue weighted by molar-refractivity contribution is 0.173. The van der Waals surface area contributed by atoms with Crippen molar-refractivity contribution >= 4 is 23.3 Å². The van der Waals surface area contributed by atoms with Crippen molar-refractivity contribution in [1.29, 1.82) is 0 Å². The topological polar surface area (TPSA) is 55.5 Å². The van der Waals surface area contributed by atoms with E-state index in [-0.39, 0.29) is 12.4 Å². The maximum atomic E-state index is 5.93. The van der Waals surface area contributed by atoms with Crippen LogP contribution >= 0.6 is 12.4 Å². The largest absolute Gasteiger partial charge is 0.493 e. The number of benzene rings is 2. The number of aryl methyl sites for hydroxylation is 1. The Bertz CT molecular complexity index is 970. The van der Waals surface area contributed by atoms with Crippen molar-refractivity contribution in [3.05, 3.63) is 53.2 Å². The smallest absolute Gasteiger partial charge is 0.231 e. The third-order valence-corrected chi connectivity index (χ3v) is 5.41. The molecule has 148 valence electrons. The lowest BCUT2D eigenvalue weighted by atomic mass is 9.99. The van der Waals surface area contributed by atoms with Gasteiger partial charge in [0.2, 0.25) is 6.79 Å². The minimum atomic E-state index is 0. The molecule has 0 fully saturated rings. The SMILES string of the molecule is Cl.c1cc(CCCOc2ccc3c(c2)OCO3)c2c3c([nH]c2c1)CCNCC3. The second kappa shape index (κ2) is 8.33. The zero-order valence-electron chi connectivity index (χ0n) is 15.8. The number of hydrogen-bond donors (Lipinski definition) is 2. The number of rotatable bonds is 5. The molecule has 0 saturated heterocycles. The fourth-order valence-electron chi connectivity index (χ4n) is 4.12. The van der Waals surface area contributed by atoms with E-state index in [1.54, 1.807) is 0 Å². The van der Waals surface area contributed by atoms with Gasteiger partial charge >= 0.3 is 0 Å². The molecule has 3 aromatic rings. The van der Waals surface area contributed by atoms with Crippen molar-refractivity contribution in [2.24, 2.45) is 0 Å². The fourth-order valence-corrected chi connectivity index (χ4v) is 4.12. The summed E-state index contributed by atoms with van der Waals surface area (Å²) in [5.41, 5.74) is 5.60. The van der Waals surface area contributed by atoms with Gasteiger partial charge in [0.25, 0.3) is 0 Å². The highest BCUT2D eigenvalue weighted by Crippen LogP contribution is 2.35. The Morgan fingerprint density at radius 3 is 2.86 bits per heavy atom. The van der Waals surface area contributed by atoms with Crippen LogP contribution in [0.15, 0.2) is 36.4 Å². The molecule has 28 heavy (non-hydrogen) atoms.